The normalized spacial score (nSPS) is 28.1. The van der Waals surface area contributed by atoms with Crippen LogP contribution >= 0.6 is 11.6 Å². The van der Waals surface area contributed by atoms with E-state index >= 15 is 0 Å². The zero-order chi connectivity index (χ0) is 12.7. The van der Waals surface area contributed by atoms with Crippen LogP contribution in [-0.4, -0.2) is 43.8 Å². The number of nitrogens with zero attached hydrogens (tertiary/aromatic N) is 3. The molecular formula is C11H12ClN3O3. The van der Waals surface area contributed by atoms with Crippen LogP contribution in [0.2, 0.25) is 5.02 Å². The molecule has 0 unspecified atom stereocenters. The highest BCUT2D eigenvalue weighted by molar-refractivity contribution is 6.35. The van der Waals surface area contributed by atoms with Gasteiger partial charge in [0.25, 0.3) is 0 Å². The predicted octanol–water partition coefficient (Wildman–Crippen LogP) is 0.725. The van der Waals surface area contributed by atoms with Gasteiger partial charge in [-0.05, 0) is 6.07 Å². The van der Waals surface area contributed by atoms with Crippen molar-refractivity contribution >= 4 is 22.6 Å². The summed E-state index contributed by atoms with van der Waals surface area (Å²) in [7, 11) is 0. The zero-order valence-corrected chi connectivity index (χ0v) is 10.2. The molecule has 18 heavy (non-hydrogen) atoms. The van der Waals surface area contributed by atoms with Crippen molar-refractivity contribution in [1.29, 1.82) is 0 Å². The fourth-order valence-electron chi connectivity index (χ4n) is 2.16. The van der Waals surface area contributed by atoms with E-state index in [2.05, 4.69) is 10.1 Å². The summed E-state index contributed by atoms with van der Waals surface area (Å²) in [5.41, 5.74) is 0.610. The van der Waals surface area contributed by atoms with Crippen molar-refractivity contribution in [3.8, 4) is 0 Å². The van der Waals surface area contributed by atoms with E-state index in [1.807, 2.05) is 0 Å². The number of fused-ring (bicyclic) bond motifs is 1. The molecular weight excluding hydrogens is 258 g/mol. The Morgan fingerprint density at radius 2 is 2.39 bits per heavy atom. The lowest BCUT2D eigenvalue weighted by Crippen LogP contribution is -2.24. The molecule has 6 nitrogen and oxygen atoms in total. The number of hydrogen-bond donors (Lipinski definition) is 2. The van der Waals surface area contributed by atoms with E-state index in [0.29, 0.717) is 17.1 Å². The molecule has 2 aromatic heterocycles. The highest BCUT2D eigenvalue weighted by atomic mass is 35.5. The monoisotopic (exact) mass is 269 g/mol. The molecule has 3 rings (SSSR count). The van der Waals surface area contributed by atoms with E-state index in [1.165, 1.54) is 0 Å². The van der Waals surface area contributed by atoms with Gasteiger partial charge < -0.3 is 14.9 Å². The smallest absolute Gasteiger partial charge is 0.161 e. The van der Waals surface area contributed by atoms with Crippen LogP contribution < -0.4 is 0 Å². The van der Waals surface area contributed by atoms with Crippen LogP contribution in [0.15, 0.2) is 18.5 Å². The summed E-state index contributed by atoms with van der Waals surface area (Å²) in [5, 5.41) is 24.3. The Hall–Kier alpha value is -1.21. The van der Waals surface area contributed by atoms with Gasteiger partial charge in [-0.2, -0.15) is 5.10 Å². The summed E-state index contributed by atoms with van der Waals surface area (Å²) in [6, 6.07) is 1.69. The molecule has 0 bridgehead atoms. The quantitative estimate of drug-likeness (QED) is 0.840. The number of aliphatic hydroxyl groups is 2. The fraction of sp³-hybridized carbons (Fsp3) is 0.455. The van der Waals surface area contributed by atoms with Crippen molar-refractivity contribution in [2.24, 2.45) is 0 Å². The van der Waals surface area contributed by atoms with Crippen molar-refractivity contribution in [2.45, 2.75) is 24.9 Å². The molecule has 1 aliphatic heterocycles. The molecule has 0 amide bonds. The molecule has 1 aliphatic rings. The van der Waals surface area contributed by atoms with Crippen molar-refractivity contribution in [3.05, 3.63) is 23.5 Å². The molecule has 2 aromatic rings. The Balaban J connectivity index is 1.99. The molecule has 1 saturated heterocycles. The number of pyridine rings is 1. The van der Waals surface area contributed by atoms with E-state index in [1.54, 1.807) is 23.1 Å². The van der Waals surface area contributed by atoms with E-state index in [4.69, 9.17) is 21.4 Å². The van der Waals surface area contributed by atoms with Gasteiger partial charge in [0, 0.05) is 12.6 Å². The molecule has 0 saturated carbocycles. The highest BCUT2D eigenvalue weighted by Gasteiger charge is 2.35. The second-order valence-electron chi connectivity index (χ2n) is 4.23. The van der Waals surface area contributed by atoms with Crippen LogP contribution in [-0.2, 0) is 4.74 Å². The number of ether oxygens (including phenoxy) is 1. The first-order valence-corrected chi connectivity index (χ1v) is 6.00. The van der Waals surface area contributed by atoms with Crippen molar-refractivity contribution in [2.75, 3.05) is 6.61 Å². The first-order chi connectivity index (χ1) is 8.70. The lowest BCUT2D eigenvalue weighted by atomic mass is 10.2. The minimum atomic E-state index is -0.696. The van der Waals surface area contributed by atoms with E-state index in [9.17, 15) is 5.11 Å². The third kappa shape index (κ3) is 1.78. The standard InChI is InChI=1S/C11H12ClN3O3/c12-7-1-2-13-11-6(7)4-14-15(11)10-3-8(17)9(5-16)18-10/h1-2,4,8-10,16-17H,3,5H2/t8-,9+,10+/m0/s1. The van der Waals surface area contributed by atoms with Gasteiger partial charge in [0.15, 0.2) is 11.9 Å². The van der Waals surface area contributed by atoms with Crippen LogP contribution in [0.25, 0.3) is 11.0 Å². The maximum atomic E-state index is 9.71. The first kappa shape index (κ1) is 11.9. The SMILES string of the molecule is OC[C@H]1O[C@@H](n2ncc3c(Cl)ccnc32)C[C@@H]1O. The Kier molecular flexibility index (Phi) is 2.95. The van der Waals surface area contributed by atoms with Gasteiger partial charge >= 0.3 is 0 Å². The van der Waals surface area contributed by atoms with Gasteiger partial charge in [0.05, 0.1) is 29.3 Å². The maximum absolute atomic E-state index is 9.71. The summed E-state index contributed by atoms with van der Waals surface area (Å²) >= 11 is 6.04. The molecule has 1 fully saturated rings. The van der Waals surface area contributed by atoms with Crippen LogP contribution in [0.4, 0.5) is 0 Å². The molecule has 0 radical (unpaired) electrons. The van der Waals surface area contributed by atoms with Crippen LogP contribution in [0, 0.1) is 0 Å². The predicted molar refractivity (Wildman–Crippen MR) is 64.2 cm³/mol. The van der Waals surface area contributed by atoms with E-state index in [0.717, 1.165) is 5.39 Å². The number of halogens is 1. The maximum Gasteiger partial charge on any atom is 0.161 e. The summed E-state index contributed by atoms with van der Waals surface area (Å²) in [4.78, 5) is 4.21. The second kappa shape index (κ2) is 4.47. The first-order valence-electron chi connectivity index (χ1n) is 5.63. The Bertz CT molecular complexity index is 574. The van der Waals surface area contributed by atoms with Gasteiger partial charge in [-0.15, -0.1) is 0 Å². The number of aliphatic hydroxyl groups excluding tert-OH is 2. The molecule has 3 heterocycles. The van der Waals surface area contributed by atoms with Gasteiger partial charge in [-0.3, -0.25) is 0 Å². The highest BCUT2D eigenvalue weighted by Crippen LogP contribution is 2.31. The summed E-state index contributed by atoms with van der Waals surface area (Å²) in [5.74, 6) is 0. The topological polar surface area (TPSA) is 80.4 Å². The van der Waals surface area contributed by atoms with Crippen LogP contribution in [0.3, 0.4) is 0 Å². The van der Waals surface area contributed by atoms with E-state index < -0.39 is 18.4 Å². The molecule has 2 N–H and O–H groups in total. The second-order valence-corrected chi connectivity index (χ2v) is 4.64. The molecule has 0 spiro atoms. The van der Waals surface area contributed by atoms with Crippen molar-refractivity contribution in [1.82, 2.24) is 14.8 Å². The largest absolute Gasteiger partial charge is 0.394 e. The number of hydrogen-bond acceptors (Lipinski definition) is 5. The van der Waals surface area contributed by atoms with Crippen molar-refractivity contribution in [3.63, 3.8) is 0 Å². The Morgan fingerprint density at radius 1 is 1.56 bits per heavy atom. The minimum Gasteiger partial charge on any atom is -0.394 e. The summed E-state index contributed by atoms with van der Waals surface area (Å²) in [6.45, 7) is -0.217. The van der Waals surface area contributed by atoms with Gasteiger partial charge in [0.1, 0.15) is 6.10 Å². The average Bonchev–Trinajstić information content (AvgIpc) is 2.93. The molecule has 7 heteroatoms. The lowest BCUT2D eigenvalue weighted by Gasteiger charge is -2.12. The third-order valence-corrected chi connectivity index (χ3v) is 3.43. The average molecular weight is 270 g/mol. The van der Waals surface area contributed by atoms with Crippen LogP contribution in [0.1, 0.15) is 12.6 Å². The Labute approximate surface area is 108 Å². The fourth-order valence-corrected chi connectivity index (χ4v) is 2.35. The van der Waals surface area contributed by atoms with Gasteiger partial charge in [0.2, 0.25) is 0 Å². The van der Waals surface area contributed by atoms with Crippen LogP contribution in [0.5, 0.6) is 0 Å². The number of aromatic nitrogens is 3. The lowest BCUT2D eigenvalue weighted by molar-refractivity contribution is -0.0470. The molecule has 0 aliphatic carbocycles. The van der Waals surface area contributed by atoms with Crippen molar-refractivity contribution < 1.29 is 14.9 Å². The summed E-state index contributed by atoms with van der Waals surface area (Å²) < 4.78 is 7.12. The molecule has 0 aromatic carbocycles. The van der Waals surface area contributed by atoms with Gasteiger partial charge in [-0.1, -0.05) is 11.6 Å². The third-order valence-electron chi connectivity index (χ3n) is 3.10. The molecule has 3 atom stereocenters. The van der Waals surface area contributed by atoms with E-state index in [-0.39, 0.29) is 6.61 Å². The zero-order valence-electron chi connectivity index (χ0n) is 9.40. The summed E-state index contributed by atoms with van der Waals surface area (Å²) in [6.07, 6.45) is 1.88. The number of rotatable bonds is 2. The molecule has 96 valence electrons. The Morgan fingerprint density at radius 3 is 3.11 bits per heavy atom. The van der Waals surface area contributed by atoms with Gasteiger partial charge in [-0.25, -0.2) is 9.67 Å². The minimum absolute atomic E-state index is 0.217.